The second kappa shape index (κ2) is 9.98. The fraction of sp³-hybridized carbons (Fsp3) is 0.176. The zero-order valence-corrected chi connectivity index (χ0v) is 15.0. The molecule has 0 saturated carbocycles. The van der Waals surface area contributed by atoms with Gasteiger partial charge < -0.3 is 10.1 Å². The van der Waals surface area contributed by atoms with E-state index in [9.17, 15) is 4.39 Å². The number of hydrogen-bond acceptors (Lipinski definition) is 2. The fourth-order valence-corrected chi connectivity index (χ4v) is 1.55. The molecule has 1 heterocycles. The van der Waals surface area contributed by atoms with Gasteiger partial charge in [0.25, 0.3) is 0 Å². The first kappa shape index (κ1) is 20.2. The molecule has 0 aliphatic heterocycles. The van der Waals surface area contributed by atoms with Crippen molar-refractivity contribution in [1.29, 1.82) is 0 Å². The molecule has 3 nitrogen and oxygen atoms in total. The van der Waals surface area contributed by atoms with Crippen LogP contribution in [-0.4, -0.2) is 20.7 Å². The van der Waals surface area contributed by atoms with Gasteiger partial charge in [0, 0.05) is 32.1 Å². The van der Waals surface area contributed by atoms with Crippen LogP contribution in [0.1, 0.15) is 19.4 Å². The molecule has 1 aromatic carbocycles. The molecule has 0 fully saturated rings. The number of benzene rings is 1. The van der Waals surface area contributed by atoms with E-state index >= 15 is 0 Å². The van der Waals surface area contributed by atoms with Crippen molar-refractivity contribution in [3.63, 3.8) is 0 Å². The SMILES string of the molecule is CC(=[OH+])/C=C(/C)O.Cc1cc(-c2ccccn2)[c-]cc1F.[Ir]. The van der Waals surface area contributed by atoms with Gasteiger partial charge in [-0.2, -0.15) is 0 Å². The van der Waals surface area contributed by atoms with Gasteiger partial charge in [-0.15, -0.1) is 23.8 Å². The number of ketones is 1. The molecule has 0 unspecified atom stereocenters. The Balaban J connectivity index is 0.000000478. The minimum absolute atomic E-state index is 0. The molecule has 0 spiro atoms. The number of carbonyl (C=O) groups excluding carboxylic acids is 1. The van der Waals surface area contributed by atoms with Gasteiger partial charge in [0.05, 0.1) is 18.8 Å². The number of aliphatic hydroxyl groups is 1. The molecule has 0 aliphatic carbocycles. The zero-order valence-electron chi connectivity index (χ0n) is 12.6. The first-order chi connectivity index (χ1) is 9.90. The first-order valence-corrected chi connectivity index (χ1v) is 6.39. The maximum Gasteiger partial charge on any atom is 0.316 e. The molecular formula is C17H18FIrNO2. The molecule has 119 valence electrons. The van der Waals surface area contributed by atoms with Crippen LogP contribution in [-0.2, 0) is 20.1 Å². The second-order valence-corrected chi connectivity index (χ2v) is 4.52. The van der Waals surface area contributed by atoms with E-state index in [2.05, 4.69) is 11.1 Å². The maximum atomic E-state index is 13.0. The Morgan fingerprint density at radius 1 is 1.36 bits per heavy atom. The van der Waals surface area contributed by atoms with Crippen molar-refractivity contribution in [2.45, 2.75) is 20.8 Å². The zero-order chi connectivity index (χ0) is 15.8. The van der Waals surface area contributed by atoms with Crippen molar-refractivity contribution in [3.05, 3.63) is 65.8 Å². The summed E-state index contributed by atoms with van der Waals surface area (Å²) >= 11 is 0. The first-order valence-electron chi connectivity index (χ1n) is 6.39. The molecule has 0 aliphatic rings. The summed E-state index contributed by atoms with van der Waals surface area (Å²) < 4.78 is 13.0. The van der Waals surface area contributed by atoms with E-state index in [1.54, 1.807) is 19.2 Å². The van der Waals surface area contributed by atoms with Crippen molar-refractivity contribution in [1.82, 2.24) is 4.98 Å². The van der Waals surface area contributed by atoms with Gasteiger partial charge in [-0.1, -0.05) is 24.6 Å². The molecule has 0 atom stereocenters. The predicted octanol–water partition coefficient (Wildman–Crippen LogP) is 4.01. The van der Waals surface area contributed by atoms with Crippen LogP contribution in [0.2, 0.25) is 0 Å². The van der Waals surface area contributed by atoms with E-state index in [-0.39, 0.29) is 37.5 Å². The molecule has 22 heavy (non-hydrogen) atoms. The van der Waals surface area contributed by atoms with Gasteiger partial charge >= 0.3 is 5.78 Å². The normalized spacial score (nSPS) is 10.1. The van der Waals surface area contributed by atoms with Crippen LogP contribution in [0.25, 0.3) is 11.3 Å². The van der Waals surface area contributed by atoms with Crippen LogP contribution in [0.4, 0.5) is 4.39 Å². The molecule has 5 heteroatoms. The third kappa shape index (κ3) is 7.25. The van der Waals surface area contributed by atoms with Crippen LogP contribution < -0.4 is 0 Å². The van der Waals surface area contributed by atoms with Crippen molar-refractivity contribution in [3.8, 4) is 11.3 Å². The van der Waals surface area contributed by atoms with E-state index in [0.29, 0.717) is 5.56 Å². The summed E-state index contributed by atoms with van der Waals surface area (Å²) in [6.45, 7) is 4.73. The number of rotatable bonds is 2. The number of nitrogens with zero attached hydrogens (tertiary/aromatic N) is 1. The Morgan fingerprint density at radius 2 is 2.05 bits per heavy atom. The van der Waals surface area contributed by atoms with Gasteiger partial charge in [-0.3, -0.25) is 9.18 Å². The van der Waals surface area contributed by atoms with E-state index in [1.807, 2.05) is 18.2 Å². The van der Waals surface area contributed by atoms with Crippen molar-refractivity contribution in [2.75, 3.05) is 0 Å². The minimum atomic E-state index is -0.232. The minimum Gasteiger partial charge on any atom is -0.512 e. The third-order valence-corrected chi connectivity index (χ3v) is 2.45. The summed E-state index contributed by atoms with van der Waals surface area (Å²) in [5, 5.41) is 8.40. The van der Waals surface area contributed by atoms with Crippen LogP contribution in [0.5, 0.6) is 0 Å². The van der Waals surface area contributed by atoms with Crippen molar-refractivity contribution >= 4 is 5.78 Å². The molecule has 0 saturated heterocycles. The smallest absolute Gasteiger partial charge is 0.316 e. The molecule has 2 rings (SSSR count). The summed E-state index contributed by atoms with van der Waals surface area (Å²) in [5.41, 5.74) is 2.25. The quantitative estimate of drug-likeness (QED) is 0.306. The van der Waals surface area contributed by atoms with Crippen LogP contribution in [0.3, 0.4) is 0 Å². The molecular weight excluding hydrogens is 461 g/mol. The predicted molar refractivity (Wildman–Crippen MR) is 82.2 cm³/mol. The number of allylic oxidation sites excluding steroid dienone is 2. The number of halogens is 1. The Morgan fingerprint density at radius 3 is 2.45 bits per heavy atom. The molecule has 1 aromatic heterocycles. The average molecular weight is 480 g/mol. The van der Waals surface area contributed by atoms with Crippen LogP contribution >= 0.6 is 0 Å². The Kier molecular flexibility index (Phi) is 9.15. The standard InChI is InChI=1S/C12H9FN.C5H8O2.Ir/c1-9-8-10(5-6-11(9)13)12-4-2-3-7-14-12;1-4(6)3-5(2)7;/h2-4,6-8H,1H3;3,6H,1-2H3;/q-1;;/p+1/b;4-3-;. The summed E-state index contributed by atoms with van der Waals surface area (Å²) in [4.78, 5) is 12.6. The second-order valence-electron chi connectivity index (χ2n) is 4.52. The molecule has 0 bridgehead atoms. The number of aryl methyl sites for hydroxylation is 1. The fourth-order valence-electron chi connectivity index (χ4n) is 1.55. The summed E-state index contributed by atoms with van der Waals surface area (Å²) in [7, 11) is 0. The largest absolute Gasteiger partial charge is 0.512 e. The molecule has 0 amide bonds. The monoisotopic (exact) mass is 480 g/mol. The van der Waals surface area contributed by atoms with Gasteiger partial charge in [-0.25, -0.2) is 0 Å². The Hall–Kier alpha value is -1.84. The van der Waals surface area contributed by atoms with Crippen molar-refractivity contribution < 1.29 is 34.4 Å². The van der Waals surface area contributed by atoms with E-state index in [0.717, 1.165) is 11.3 Å². The average Bonchev–Trinajstić information content (AvgIpc) is 2.42. The Bertz CT molecular complexity index is 638. The van der Waals surface area contributed by atoms with E-state index < -0.39 is 0 Å². The van der Waals surface area contributed by atoms with Gasteiger partial charge in [0.1, 0.15) is 0 Å². The molecule has 1 radical (unpaired) electrons. The number of aromatic nitrogens is 1. The van der Waals surface area contributed by atoms with Crippen LogP contribution in [0.15, 0.2) is 48.4 Å². The summed E-state index contributed by atoms with van der Waals surface area (Å²) in [6, 6.07) is 11.6. The topological polar surface area (TPSA) is 54.5 Å². The maximum absolute atomic E-state index is 13.0. The van der Waals surface area contributed by atoms with E-state index in [4.69, 9.17) is 9.90 Å². The van der Waals surface area contributed by atoms with Gasteiger partial charge in [0.15, 0.2) is 0 Å². The number of pyridine rings is 1. The number of aliphatic hydroxyl groups excluding tert-OH is 1. The molecule has 2 N–H and O–H groups in total. The van der Waals surface area contributed by atoms with Gasteiger partial charge in [0.2, 0.25) is 0 Å². The Labute approximate surface area is 143 Å². The van der Waals surface area contributed by atoms with E-state index in [1.165, 1.54) is 26.0 Å². The third-order valence-electron chi connectivity index (χ3n) is 2.45. The van der Waals surface area contributed by atoms with Crippen molar-refractivity contribution in [2.24, 2.45) is 0 Å². The van der Waals surface area contributed by atoms with Gasteiger partial charge in [-0.05, 0) is 18.7 Å². The summed E-state index contributed by atoms with van der Waals surface area (Å²) in [6.07, 6.45) is 2.99. The summed E-state index contributed by atoms with van der Waals surface area (Å²) in [5.74, 6) is 0.0182. The number of hydrogen-bond donors (Lipinski definition) is 1. The molecule has 2 aromatic rings. The van der Waals surface area contributed by atoms with Crippen LogP contribution in [0, 0.1) is 18.8 Å².